The average molecular weight is 408 g/mol. The highest BCUT2D eigenvalue weighted by molar-refractivity contribution is 5.88. The minimum Gasteiger partial charge on any atom is -0.354 e. The fourth-order valence-electron chi connectivity index (χ4n) is 4.92. The second-order valence-electron chi connectivity index (χ2n) is 9.57. The topological polar surface area (TPSA) is 61.4 Å². The van der Waals surface area contributed by atoms with E-state index >= 15 is 0 Å². The van der Waals surface area contributed by atoms with Gasteiger partial charge < -0.3 is 15.5 Å². The monoisotopic (exact) mass is 407 g/mol. The zero-order valence-corrected chi connectivity index (χ0v) is 19.3. The summed E-state index contributed by atoms with van der Waals surface area (Å²) in [6.07, 6.45) is 11.2. The number of nitrogens with one attached hydrogen (secondary N) is 2. The molecule has 2 amide bonds. The molecular weight excluding hydrogens is 362 g/mol. The summed E-state index contributed by atoms with van der Waals surface area (Å²) in [5.41, 5.74) is 0. The van der Waals surface area contributed by atoms with Gasteiger partial charge in [-0.2, -0.15) is 0 Å². The number of piperidine rings is 1. The lowest BCUT2D eigenvalue weighted by molar-refractivity contribution is -0.133. The van der Waals surface area contributed by atoms with Gasteiger partial charge in [-0.1, -0.05) is 40.5 Å². The summed E-state index contributed by atoms with van der Waals surface area (Å²) in [5, 5.41) is 6.20. The van der Waals surface area contributed by atoms with Crippen molar-refractivity contribution in [1.29, 1.82) is 0 Å². The molecule has 2 fully saturated rings. The number of hydrogen-bond donors (Lipinski definition) is 2. The summed E-state index contributed by atoms with van der Waals surface area (Å²) in [4.78, 5) is 28.2. The number of nitrogens with zero attached hydrogens (tertiary/aromatic N) is 1. The first-order chi connectivity index (χ1) is 14.0. The highest BCUT2D eigenvalue weighted by Gasteiger charge is 2.30. The van der Waals surface area contributed by atoms with E-state index in [-0.39, 0.29) is 23.7 Å². The molecular formula is C24H45N3O2. The number of rotatable bonds is 10. The highest BCUT2D eigenvalue weighted by atomic mass is 16.2. The van der Waals surface area contributed by atoms with Crippen molar-refractivity contribution in [2.75, 3.05) is 19.6 Å². The SMILES string of the molecule is CC[C@H]1CCCCN1CCCNC(=O)[C@H](NC(=O)C1CCC(C)CC1)[C@@H](C)CC. The fraction of sp³-hybridized carbons (Fsp3) is 0.917. The van der Waals surface area contributed by atoms with Crippen LogP contribution in [-0.2, 0) is 9.59 Å². The van der Waals surface area contributed by atoms with E-state index in [1.807, 2.05) is 0 Å². The van der Waals surface area contributed by atoms with Crippen molar-refractivity contribution in [3.05, 3.63) is 0 Å². The third kappa shape index (κ3) is 7.58. The molecule has 2 aliphatic rings. The molecule has 2 rings (SSSR count). The third-order valence-corrected chi connectivity index (χ3v) is 7.32. The summed E-state index contributed by atoms with van der Waals surface area (Å²) in [6, 6.07) is 0.301. The van der Waals surface area contributed by atoms with Gasteiger partial charge in [-0.15, -0.1) is 0 Å². The van der Waals surface area contributed by atoms with Crippen LogP contribution in [0.5, 0.6) is 0 Å². The predicted molar refractivity (Wildman–Crippen MR) is 120 cm³/mol. The van der Waals surface area contributed by atoms with Crippen LogP contribution in [0.25, 0.3) is 0 Å². The van der Waals surface area contributed by atoms with E-state index in [0.29, 0.717) is 12.6 Å². The van der Waals surface area contributed by atoms with E-state index in [1.54, 1.807) is 0 Å². The van der Waals surface area contributed by atoms with Crippen molar-refractivity contribution in [3.8, 4) is 0 Å². The van der Waals surface area contributed by atoms with Crippen molar-refractivity contribution in [2.24, 2.45) is 17.8 Å². The minimum atomic E-state index is -0.412. The first-order valence-corrected chi connectivity index (χ1v) is 12.3. The van der Waals surface area contributed by atoms with Crippen LogP contribution in [0, 0.1) is 17.8 Å². The lowest BCUT2D eigenvalue weighted by Crippen LogP contribution is -2.52. The third-order valence-electron chi connectivity index (χ3n) is 7.32. The average Bonchev–Trinajstić information content (AvgIpc) is 2.74. The van der Waals surface area contributed by atoms with Gasteiger partial charge in [0, 0.05) is 25.0 Å². The number of hydrogen-bond acceptors (Lipinski definition) is 3. The lowest BCUT2D eigenvalue weighted by Gasteiger charge is -2.35. The van der Waals surface area contributed by atoms with Crippen LogP contribution in [0.1, 0.15) is 91.9 Å². The van der Waals surface area contributed by atoms with Gasteiger partial charge in [0.15, 0.2) is 0 Å². The molecule has 1 aliphatic carbocycles. The minimum absolute atomic E-state index is 0.0115. The fourth-order valence-corrected chi connectivity index (χ4v) is 4.92. The molecule has 0 bridgehead atoms. The smallest absolute Gasteiger partial charge is 0.242 e. The van der Waals surface area contributed by atoms with E-state index < -0.39 is 6.04 Å². The van der Waals surface area contributed by atoms with Gasteiger partial charge in [-0.05, 0) is 69.7 Å². The van der Waals surface area contributed by atoms with Gasteiger partial charge in [-0.25, -0.2) is 0 Å². The zero-order chi connectivity index (χ0) is 21.2. The van der Waals surface area contributed by atoms with E-state index in [9.17, 15) is 9.59 Å². The van der Waals surface area contributed by atoms with Crippen LogP contribution in [0.2, 0.25) is 0 Å². The van der Waals surface area contributed by atoms with Gasteiger partial charge in [0.1, 0.15) is 6.04 Å². The Hall–Kier alpha value is -1.10. The second kappa shape index (κ2) is 12.6. The molecule has 1 saturated heterocycles. The Morgan fingerprint density at radius 3 is 2.45 bits per heavy atom. The number of carbonyl (C=O) groups excluding carboxylic acids is 2. The molecule has 5 nitrogen and oxygen atoms in total. The van der Waals surface area contributed by atoms with Crippen molar-refractivity contribution < 1.29 is 9.59 Å². The Kier molecular flexibility index (Phi) is 10.5. The van der Waals surface area contributed by atoms with Crippen LogP contribution in [0.15, 0.2) is 0 Å². The molecule has 0 aromatic carbocycles. The Balaban J connectivity index is 1.78. The van der Waals surface area contributed by atoms with Crippen molar-refractivity contribution in [2.45, 2.75) is 104 Å². The van der Waals surface area contributed by atoms with Crippen molar-refractivity contribution in [3.63, 3.8) is 0 Å². The van der Waals surface area contributed by atoms with Crippen LogP contribution in [0.3, 0.4) is 0 Å². The van der Waals surface area contributed by atoms with Gasteiger partial charge in [-0.3, -0.25) is 9.59 Å². The first kappa shape index (κ1) is 24.2. The maximum Gasteiger partial charge on any atom is 0.242 e. The second-order valence-corrected chi connectivity index (χ2v) is 9.57. The molecule has 29 heavy (non-hydrogen) atoms. The molecule has 0 aromatic heterocycles. The van der Waals surface area contributed by atoms with Crippen LogP contribution in [-0.4, -0.2) is 48.4 Å². The largest absolute Gasteiger partial charge is 0.354 e. The van der Waals surface area contributed by atoms with Gasteiger partial charge >= 0.3 is 0 Å². The summed E-state index contributed by atoms with van der Waals surface area (Å²) >= 11 is 0. The molecule has 1 aliphatic heterocycles. The Labute approximate surface area is 178 Å². The Morgan fingerprint density at radius 2 is 1.79 bits per heavy atom. The van der Waals surface area contributed by atoms with Gasteiger partial charge in [0.25, 0.3) is 0 Å². The molecule has 1 saturated carbocycles. The maximum absolute atomic E-state index is 12.8. The number of carbonyl (C=O) groups is 2. The van der Waals surface area contributed by atoms with Crippen LogP contribution in [0.4, 0.5) is 0 Å². The molecule has 0 spiro atoms. The molecule has 0 unspecified atom stereocenters. The van der Waals surface area contributed by atoms with Crippen LogP contribution >= 0.6 is 0 Å². The zero-order valence-electron chi connectivity index (χ0n) is 19.3. The summed E-state index contributed by atoms with van der Waals surface area (Å²) < 4.78 is 0. The molecule has 0 aromatic rings. The van der Waals surface area contributed by atoms with Gasteiger partial charge in [0.2, 0.25) is 11.8 Å². The normalized spacial score (nSPS) is 27.8. The van der Waals surface area contributed by atoms with Crippen LogP contribution < -0.4 is 10.6 Å². The number of amides is 2. The Bertz CT molecular complexity index is 502. The first-order valence-electron chi connectivity index (χ1n) is 12.3. The molecule has 168 valence electrons. The molecule has 1 heterocycles. The molecule has 3 atom stereocenters. The predicted octanol–water partition coefficient (Wildman–Crippen LogP) is 4.11. The van der Waals surface area contributed by atoms with Crippen molar-refractivity contribution >= 4 is 11.8 Å². The van der Waals surface area contributed by atoms with Gasteiger partial charge in [0.05, 0.1) is 0 Å². The summed E-state index contributed by atoms with van der Waals surface area (Å²) in [5.74, 6) is 1.02. The maximum atomic E-state index is 12.8. The number of likely N-dealkylation sites (tertiary alicyclic amines) is 1. The van der Waals surface area contributed by atoms with E-state index in [1.165, 1.54) is 32.2 Å². The van der Waals surface area contributed by atoms with E-state index in [0.717, 1.165) is 51.0 Å². The quantitative estimate of drug-likeness (QED) is 0.536. The highest BCUT2D eigenvalue weighted by Crippen LogP contribution is 2.28. The van der Waals surface area contributed by atoms with E-state index in [4.69, 9.17) is 0 Å². The molecule has 5 heteroatoms. The van der Waals surface area contributed by atoms with E-state index in [2.05, 4.69) is 43.2 Å². The summed E-state index contributed by atoms with van der Waals surface area (Å²) in [6.45, 7) is 11.6. The molecule has 0 radical (unpaired) electrons. The summed E-state index contributed by atoms with van der Waals surface area (Å²) in [7, 11) is 0. The Morgan fingerprint density at radius 1 is 1.07 bits per heavy atom. The molecule has 2 N–H and O–H groups in total. The standard InChI is InChI=1S/C24H45N3O2/c1-5-19(4)22(26-23(28)20-13-11-18(3)12-14-20)24(29)25-15-9-17-27-16-8-7-10-21(27)6-2/h18-22H,5-17H2,1-4H3,(H,25,29)(H,26,28)/t18?,19-,20?,21-,22+/m0/s1. The lowest BCUT2D eigenvalue weighted by atomic mass is 9.82. The van der Waals surface area contributed by atoms with Crippen molar-refractivity contribution in [1.82, 2.24) is 15.5 Å².